The van der Waals surface area contributed by atoms with E-state index in [4.69, 9.17) is 10.2 Å². The van der Waals surface area contributed by atoms with Crippen LogP contribution in [0.4, 0.5) is 0 Å². The monoisotopic (exact) mass is 333 g/mol. The Morgan fingerprint density at radius 1 is 1.48 bits per heavy atom. The molecule has 0 aliphatic heterocycles. The summed E-state index contributed by atoms with van der Waals surface area (Å²) < 4.78 is 27.0. The van der Waals surface area contributed by atoms with Crippen LogP contribution in [0, 0.1) is 6.92 Å². The number of aromatic carboxylic acids is 1. The van der Waals surface area contributed by atoms with Gasteiger partial charge in [0.2, 0.25) is 10.0 Å². The summed E-state index contributed by atoms with van der Waals surface area (Å²) in [4.78, 5) is 11.6. The predicted octanol–water partition coefficient (Wildman–Crippen LogP) is 1.68. The number of sulfonamides is 1. The molecule has 0 aromatic carbocycles. The number of thiophene rings is 1. The van der Waals surface area contributed by atoms with E-state index in [-0.39, 0.29) is 29.0 Å². The van der Waals surface area contributed by atoms with Crippen molar-refractivity contribution in [2.45, 2.75) is 43.5 Å². The molecule has 1 aliphatic rings. The molecule has 2 rings (SSSR count). The molecular formula is C13H19NO5S2. The molecule has 0 atom stereocenters. The summed E-state index contributed by atoms with van der Waals surface area (Å²) in [7, 11) is -3.71. The van der Waals surface area contributed by atoms with Crippen LogP contribution in [0.1, 0.15) is 40.2 Å². The standard InChI is InChI=1S/C13H19NO5S2/c1-9-12(8-11(20-9)13(16)17)21(18,19)14(6-3-7-15)10-4-2-5-10/h8,10,15H,2-7H2,1H3,(H,16,17). The molecule has 1 fully saturated rings. The molecule has 1 aromatic heterocycles. The Labute approximate surface area is 128 Å². The fourth-order valence-electron chi connectivity index (χ4n) is 2.35. The minimum atomic E-state index is -3.71. The van der Waals surface area contributed by atoms with Crippen LogP contribution >= 0.6 is 11.3 Å². The van der Waals surface area contributed by atoms with Crippen molar-refractivity contribution in [3.8, 4) is 0 Å². The molecule has 6 nitrogen and oxygen atoms in total. The molecule has 0 saturated heterocycles. The van der Waals surface area contributed by atoms with E-state index < -0.39 is 16.0 Å². The number of aliphatic hydroxyl groups excluding tert-OH is 1. The quantitative estimate of drug-likeness (QED) is 0.791. The average Bonchev–Trinajstić information content (AvgIpc) is 2.74. The van der Waals surface area contributed by atoms with Gasteiger partial charge in [0.1, 0.15) is 4.88 Å². The Hall–Kier alpha value is -0.960. The molecule has 1 aliphatic carbocycles. The van der Waals surface area contributed by atoms with Gasteiger partial charge in [-0.2, -0.15) is 4.31 Å². The average molecular weight is 333 g/mol. The molecule has 8 heteroatoms. The SMILES string of the molecule is Cc1sc(C(=O)O)cc1S(=O)(=O)N(CCCO)C1CCC1. The molecule has 0 spiro atoms. The van der Waals surface area contributed by atoms with Gasteiger partial charge in [-0.1, -0.05) is 6.42 Å². The molecule has 0 radical (unpaired) electrons. The largest absolute Gasteiger partial charge is 0.477 e. The van der Waals surface area contributed by atoms with E-state index in [1.54, 1.807) is 6.92 Å². The lowest BCUT2D eigenvalue weighted by Gasteiger charge is -2.36. The zero-order chi connectivity index (χ0) is 15.6. The van der Waals surface area contributed by atoms with E-state index in [1.807, 2.05) is 0 Å². The van der Waals surface area contributed by atoms with E-state index in [1.165, 1.54) is 10.4 Å². The van der Waals surface area contributed by atoms with Gasteiger partial charge in [-0.3, -0.25) is 0 Å². The van der Waals surface area contributed by atoms with E-state index in [0.717, 1.165) is 30.6 Å². The lowest BCUT2D eigenvalue weighted by atomic mass is 9.93. The van der Waals surface area contributed by atoms with Gasteiger partial charge in [0.15, 0.2) is 0 Å². The summed E-state index contributed by atoms with van der Waals surface area (Å²) in [5.41, 5.74) is 0. The first-order chi connectivity index (χ1) is 9.87. The van der Waals surface area contributed by atoms with Crippen molar-refractivity contribution in [3.63, 3.8) is 0 Å². The van der Waals surface area contributed by atoms with Gasteiger partial charge < -0.3 is 10.2 Å². The number of hydrogen-bond donors (Lipinski definition) is 2. The number of carboxylic acids is 1. The highest BCUT2D eigenvalue weighted by atomic mass is 32.2. The molecule has 0 unspecified atom stereocenters. The second-order valence-electron chi connectivity index (χ2n) is 5.11. The second kappa shape index (κ2) is 6.43. The molecule has 1 aromatic rings. The minimum Gasteiger partial charge on any atom is -0.477 e. The van der Waals surface area contributed by atoms with Crippen molar-refractivity contribution < 1.29 is 23.4 Å². The topological polar surface area (TPSA) is 94.9 Å². The van der Waals surface area contributed by atoms with Crippen molar-refractivity contribution in [3.05, 3.63) is 15.8 Å². The number of aryl methyl sites for hydroxylation is 1. The van der Waals surface area contributed by atoms with Crippen molar-refractivity contribution in [1.82, 2.24) is 4.31 Å². The Kier molecular flexibility index (Phi) is 5.03. The van der Waals surface area contributed by atoms with Gasteiger partial charge in [-0.25, -0.2) is 13.2 Å². The van der Waals surface area contributed by atoms with Gasteiger partial charge in [0.25, 0.3) is 0 Å². The van der Waals surface area contributed by atoms with Gasteiger partial charge in [0, 0.05) is 24.1 Å². The summed E-state index contributed by atoms with van der Waals surface area (Å²) >= 11 is 0.973. The lowest BCUT2D eigenvalue weighted by Crippen LogP contribution is -2.44. The number of aliphatic hydroxyl groups is 1. The van der Waals surface area contributed by atoms with Crippen LogP contribution in [0.15, 0.2) is 11.0 Å². The van der Waals surface area contributed by atoms with Crippen molar-refractivity contribution >= 4 is 27.3 Å². The summed E-state index contributed by atoms with van der Waals surface area (Å²) in [6, 6.07) is 1.21. The molecule has 1 heterocycles. The highest BCUT2D eigenvalue weighted by molar-refractivity contribution is 7.89. The van der Waals surface area contributed by atoms with Gasteiger partial charge in [0.05, 0.1) is 4.90 Å². The molecule has 0 bridgehead atoms. The second-order valence-corrected chi connectivity index (χ2v) is 8.23. The van der Waals surface area contributed by atoms with Crippen molar-refractivity contribution in [2.24, 2.45) is 0 Å². The van der Waals surface area contributed by atoms with Crippen LogP contribution in [0.3, 0.4) is 0 Å². The summed E-state index contributed by atoms with van der Waals surface area (Å²) in [5, 5.41) is 18.0. The number of carboxylic acid groups (broad SMARTS) is 1. The van der Waals surface area contributed by atoms with Crippen LogP contribution in [0.5, 0.6) is 0 Å². The zero-order valence-corrected chi connectivity index (χ0v) is 13.4. The third-order valence-corrected chi connectivity index (χ3v) is 6.93. The first kappa shape index (κ1) is 16.4. The number of carbonyl (C=O) groups is 1. The lowest BCUT2D eigenvalue weighted by molar-refractivity contribution is 0.0702. The van der Waals surface area contributed by atoms with Gasteiger partial charge >= 0.3 is 5.97 Å². The molecule has 118 valence electrons. The van der Waals surface area contributed by atoms with E-state index in [9.17, 15) is 13.2 Å². The smallest absolute Gasteiger partial charge is 0.345 e. The third kappa shape index (κ3) is 3.28. The van der Waals surface area contributed by atoms with Crippen molar-refractivity contribution in [2.75, 3.05) is 13.2 Å². The molecule has 21 heavy (non-hydrogen) atoms. The normalized spacial score (nSPS) is 16.1. The maximum absolute atomic E-state index is 12.8. The Balaban J connectivity index is 2.35. The third-order valence-electron chi connectivity index (χ3n) is 3.69. The van der Waals surface area contributed by atoms with Gasteiger partial charge in [-0.05, 0) is 32.3 Å². The number of rotatable bonds is 7. The zero-order valence-electron chi connectivity index (χ0n) is 11.8. The highest BCUT2D eigenvalue weighted by Crippen LogP contribution is 2.34. The first-order valence-electron chi connectivity index (χ1n) is 6.84. The summed E-state index contributed by atoms with van der Waals surface area (Å²) in [6.45, 7) is 1.82. The number of nitrogens with zero attached hydrogens (tertiary/aromatic N) is 1. The molecular weight excluding hydrogens is 314 g/mol. The maximum Gasteiger partial charge on any atom is 0.345 e. The fourth-order valence-corrected chi connectivity index (χ4v) is 5.48. The maximum atomic E-state index is 12.8. The summed E-state index contributed by atoms with van der Waals surface area (Å²) in [6.07, 6.45) is 3.02. The van der Waals surface area contributed by atoms with Crippen LogP contribution < -0.4 is 0 Å². The van der Waals surface area contributed by atoms with E-state index in [0.29, 0.717) is 11.3 Å². The first-order valence-corrected chi connectivity index (χ1v) is 9.10. The van der Waals surface area contributed by atoms with Crippen LogP contribution in [0.25, 0.3) is 0 Å². The Bertz CT molecular complexity index is 619. The van der Waals surface area contributed by atoms with E-state index >= 15 is 0 Å². The van der Waals surface area contributed by atoms with Crippen molar-refractivity contribution in [1.29, 1.82) is 0 Å². The highest BCUT2D eigenvalue weighted by Gasteiger charge is 2.36. The number of hydrogen-bond acceptors (Lipinski definition) is 5. The van der Waals surface area contributed by atoms with Crippen LogP contribution in [0.2, 0.25) is 0 Å². The Morgan fingerprint density at radius 2 is 2.14 bits per heavy atom. The van der Waals surface area contributed by atoms with Crippen LogP contribution in [-0.4, -0.2) is 48.1 Å². The fraction of sp³-hybridized carbons (Fsp3) is 0.615. The minimum absolute atomic E-state index is 0.0294. The molecule has 1 saturated carbocycles. The van der Waals surface area contributed by atoms with E-state index in [2.05, 4.69) is 0 Å². The Morgan fingerprint density at radius 3 is 2.57 bits per heavy atom. The van der Waals surface area contributed by atoms with Gasteiger partial charge in [-0.15, -0.1) is 11.3 Å². The molecule has 0 amide bonds. The predicted molar refractivity (Wildman–Crippen MR) is 79.2 cm³/mol. The summed E-state index contributed by atoms with van der Waals surface area (Å²) in [5.74, 6) is -1.12. The molecule has 2 N–H and O–H groups in total. The van der Waals surface area contributed by atoms with Crippen LogP contribution in [-0.2, 0) is 10.0 Å².